The summed E-state index contributed by atoms with van der Waals surface area (Å²) < 4.78 is 0. The van der Waals surface area contributed by atoms with Crippen molar-refractivity contribution in [1.29, 1.82) is 0 Å². The Morgan fingerprint density at radius 2 is 1.95 bits per heavy atom. The minimum absolute atomic E-state index is 0.666. The molecule has 218 valence electrons. The standard InChI is InChI=1S/C33H41N9/c1-5-24(20-25(6-2)36-22(3)19-23-9-12-34-13-10-23)27-7-8-28-31(37-27)32(40-39-28)29-21-26-30(11-14-35-33(26)38-29)42-17-15-41(4)16-18-42/h5-8,11,14,20-21,23,34,36H,2-3,9-10,12-13,15-19H2,1,4H3,(H,35,38)(H,39,40)/b24-5+,25-20+. The van der Waals surface area contributed by atoms with Crippen molar-refractivity contribution in [2.75, 3.05) is 51.2 Å². The molecule has 0 atom stereocenters. The summed E-state index contributed by atoms with van der Waals surface area (Å²) >= 11 is 0. The molecule has 2 aliphatic heterocycles. The lowest BCUT2D eigenvalue weighted by molar-refractivity contribution is 0.313. The van der Waals surface area contributed by atoms with Gasteiger partial charge in [-0.2, -0.15) is 5.10 Å². The Morgan fingerprint density at radius 3 is 2.71 bits per heavy atom. The average Bonchev–Trinajstić information content (AvgIpc) is 3.64. The molecule has 0 radical (unpaired) electrons. The van der Waals surface area contributed by atoms with Crippen LogP contribution in [0.5, 0.6) is 0 Å². The van der Waals surface area contributed by atoms with E-state index < -0.39 is 0 Å². The van der Waals surface area contributed by atoms with Crippen molar-refractivity contribution < 1.29 is 0 Å². The number of rotatable bonds is 9. The maximum absolute atomic E-state index is 5.08. The van der Waals surface area contributed by atoms with Crippen molar-refractivity contribution in [1.82, 2.24) is 40.7 Å². The van der Waals surface area contributed by atoms with Gasteiger partial charge in [-0.3, -0.25) is 5.10 Å². The van der Waals surface area contributed by atoms with Crippen LogP contribution in [0.1, 0.15) is 31.9 Å². The molecule has 4 aromatic rings. The average molecular weight is 564 g/mol. The molecule has 0 spiro atoms. The molecule has 6 rings (SSSR count). The fourth-order valence-electron chi connectivity index (χ4n) is 6.02. The summed E-state index contributed by atoms with van der Waals surface area (Å²) in [7, 11) is 2.18. The number of fused-ring (bicyclic) bond motifs is 2. The number of likely N-dealkylation sites (N-methyl/N-ethyl adjacent to an activating group) is 1. The van der Waals surface area contributed by atoms with Crippen LogP contribution in [0.15, 0.2) is 73.2 Å². The first-order valence-electron chi connectivity index (χ1n) is 15.0. The number of nitrogens with one attached hydrogen (secondary N) is 4. The number of anilines is 1. The first-order chi connectivity index (χ1) is 20.5. The van der Waals surface area contributed by atoms with Gasteiger partial charge < -0.3 is 25.4 Å². The van der Waals surface area contributed by atoms with Crippen LogP contribution in [0.3, 0.4) is 0 Å². The lowest BCUT2D eigenvalue weighted by atomic mass is 9.93. The van der Waals surface area contributed by atoms with Crippen LogP contribution in [0, 0.1) is 5.92 Å². The number of piperidine rings is 1. The van der Waals surface area contributed by atoms with Crippen molar-refractivity contribution in [2.45, 2.75) is 26.2 Å². The van der Waals surface area contributed by atoms with Gasteiger partial charge in [-0.1, -0.05) is 19.2 Å². The summed E-state index contributed by atoms with van der Waals surface area (Å²) in [5, 5.41) is 15.9. The van der Waals surface area contributed by atoms with Gasteiger partial charge >= 0.3 is 0 Å². The molecular formula is C33H41N9. The van der Waals surface area contributed by atoms with E-state index in [1.54, 1.807) is 0 Å². The number of aromatic amines is 2. The molecule has 0 unspecified atom stereocenters. The molecule has 9 nitrogen and oxygen atoms in total. The third-order valence-electron chi connectivity index (χ3n) is 8.47. The smallest absolute Gasteiger partial charge is 0.139 e. The molecule has 4 N–H and O–H groups in total. The van der Waals surface area contributed by atoms with Gasteiger partial charge in [-0.15, -0.1) is 0 Å². The van der Waals surface area contributed by atoms with Crippen LogP contribution >= 0.6 is 0 Å². The maximum atomic E-state index is 5.08. The molecule has 9 heteroatoms. The first-order valence-corrected chi connectivity index (χ1v) is 15.0. The molecule has 6 heterocycles. The summed E-state index contributed by atoms with van der Waals surface area (Å²) in [5.74, 6) is 0.666. The highest BCUT2D eigenvalue weighted by molar-refractivity contribution is 5.97. The van der Waals surface area contributed by atoms with E-state index in [4.69, 9.17) is 4.98 Å². The Hall–Kier alpha value is -4.21. The number of hydrogen-bond donors (Lipinski definition) is 4. The van der Waals surface area contributed by atoms with Crippen molar-refractivity contribution in [3.8, 4) is 11.4 Å². The zero-order chi connectivity index (χ0) is 29.1. The van der Waals surface area contributed by atoms with Crippen LogP contribution in [0.25, 0.3) is 39.0 Å². The zero-order valence-corrected chi connectivity index (χ0v) is 24.7. The summed E-state index contributed by atoms with van der Waals surface area (Å²) in [6.07, 6.45) is 11.2. The lowest BCUT2D eigenvalue weighted by Gasteiger charge is -2.34. The quantitative estimate of drug-likeness (QED) is 0.207. The topological polar surface area (TPSA) is 101 Å². The highest BCUT2D eigenvalue weighted by atomic mass is 15.2. The molecule has 4 aromatic heterocycles. The van der Waals surface area contributed by atoms with E-state index in [1.807, 2.05) is 31.3 Å². The van der Waals surface area contributed by atoms with E-state index in [-0.39, 0.29) is 0 Å². The third kappa shape index (κ3) is 5.89. The van der Waals surface area contributed by atoms with Gasteiger partial charge in [0.25, 0.3) is 0 Å². The number of H-pyrrole nitrogens is 2. The Labute approximate surface area is 247 Å². The summed E-state index contributed by atoms with van der Waals surface area (Å²) in [5.41, 5.74) is 9.24. The van der Waals surface area contributed by atoms with E-state index in [2.05, 4.69) is 85.1 Å². The molecule has 0 bridgehead atoms. The number of allylic oxidation sites excluding steroid dienone is 5. The molecule has 42 heavy (non-hydrogen) atoms. The molecule has 0 amide bonds. The van der Waals surface area contributed by atoms with Crippen LogP contribution in [-0.2, 0) is 0 Å². The molecule has 0 aliphatic carbocycles. The number of aromatic nitrogens is 5. The first kappa shape index (κ1) is 27.9. The van der Waals surface area contributed by atoms with Crippen LogP contribution < -0.4 is 15.5 Å². The van der Waals surface area contributed by atoms with E-state index in [9.17, 15) is 0 Å². The zero-order valence-electron chi connectivity index (χ0n) is 24.7. The second-order valence-electron chi connectivity index (χ2n) is 11.4. The Bertz CT molecular complexity index is 1640. The minimum Gasteiger partial charge on any atom is -0.368 e. The Kier molecular flexibility index (Phi) is 8.21. The van der Waals surface area contributed by atoms with Gasteiger partial charge in [-0.05, 0) is 94.2 Å². The monoisotopic (exact) mass is 563 g/mol. The Balaban J connectivity index is 1.27. The second-order valence-corrected chi connectivity index (χ2v) is 11.4. The van der Waals surface area contributed by atoms with Crippen LogP contribution in [0.4, 0.5) is 5.69 Å². The molecule has 2 aliphatic rings. The largest absolute Gasteiger partial charge is 0.368 e. The van der Waals surface area contributed by atoms with E-state index in [0.717, 1.165) is 102 Å². The van der Waals surface area contributed by atoms with Gasteiger partial charge in [0.05, 0.1) is 16.9 Å². The number of piperazine rings is 1. The predicted molar refractivity (Wildman–Crippen MR) is 173 cm³/mol. The normalized spacial score (nSPS) is 17.7. The fourth-order valence-corrected chi connectivity index (χ4v) is 6.02. The number of hydrogen-bond acceptors (Lipinski definition) is 7. The summed E-state index contributed by atoms with van der Waals surface area (Å²) in [6.45, 7) is 16.6. The Morgan fingerprint density at radius 1 is 1.14 bits per heavy atom. The van der Waals surface area contributed by atoms with Gasteiger partial charge in [0.2, 0.25) is 0 Å². The van der Waals surface area contributed by atoms with Gasteiger partial charge in [0, 0.05) is 54.8 Å². The van der Waals surface area contributed by atoms with Crippen LogP contribution in [0.2, 0.25) is 0 Å². The molecule has 2 saturated heterocycles. The summed E-state index contributed by atoms with van der Waals surface area (Å²) in [6, 6.07) is 8.34. The minimum atomic E-state index is 0.666. The third-order valence-corrected chi connectivity index (χ3v) is 8.47. The SMILES string of the molecule is C=C/C(=C\C(=C/C)c1ccc2[nH]nc(-c3cc4c(N5CCN(C)CC5)ccnc4[nH]3)c2n1)NC(=C)CC1CCNCC1. The van der Waals surface area contributed by atoms with Crippen LogP contribution in [-0.4, -0.2) is 76.4 Å². The lowest BCUT2D eigenvalue weighted by Crippen LogP contribution is -2.44. The molecule has 0 saturated carbocycles. The molecular weight excluding hydrogens is 522 g/mol. The van der Waals surface area contributed by atoms with E-state index >= 15 is 0 Å². The van der Waals surface area contributed by atoms with Crippen molar-refractivity contribution in [3.05, 3.63) is 78.9 Å². The number of pyridine rings is 2. The second kappa shape index (κ2) is 12.3. The van der Waals surface area contributed by atoms with Crippen molar-refractivity contribution >= 4 is 33.3 Å². The van der Waals surface area contributed by atoms with Gasteiger partial charge in [0.15, 0.2) is 0 Å². The van der Waals surface area contributed by atoms with Crippen molar-refractivity contribution in [3.63, 3.8) is 0 Å². The van der Waals surface area contributed by atoms with E-state index in [0.29, 0.717) is 5.92 Å². The highest BCUT2D eigenvalue weighted by Gasteiger charge is 2.20. The van der Waals surface area contributed by atoms with Crippen molar-refractivity contribution in [2.24, 2.45) is 5.92 Å². The molecule has 2 fully saturated rings. The molecule has 0 aromatic carbocycles. The van der Waals surface area contributed by atoms with E-state index in [1.165, 1.54) is 18.5 Å². The number of nitrogens with zero attached hydrogens (tertiary/aromatic N) is 5. The van der Waals surface area contributed by atoms with Gasteiger partial charge in [0.1, 0.15) is 16.9 Å². The maximum Gasteiger partial charge on any atom is 0.139 e. The fraction of sp³-hybridized carbons (Fsp3) is 0.364. The summed E-state index contributed by atoms with van der Waals surface area (Å²) in [4.78, 5) is 18.0. The highest BCUT2D eigenvalue weighted by Crippen LogP contribution is 2.33. The predicted octanol–water partition coefficient (Wildman–Crippen LogP) is 5.22. The van der Waals surface area contributed by atoms with Gasteiger partial charge in [-0.25, -0.2) is 9.97 Å².